The summed E-state index contributed by atoms with van der Waals surface area (Å²) in [5, 5.41) is 0. The van der Waals surface area contributed by atoms with Gasteiger partial charge in [-0.3, -0.25) is 0 Å². The Bertz CT molecular complexity index is 273. The molecule has 0 saturated heterocycles. The van der Waals surface area contributed by atoms with E-state index in [9.17, 15) is 0 Å². The fourth-order valence-corrected chi connectivity index (χ4v) is 6.26. The van der Waals surface area contributed by atoms with E-state index in [1.165, 1.54) is 0 Å². The molecule has 0 aliphatic heterocycles. The topological polar surface area (TPSA) is 27.7 Å². The Morgan fingerprint density at radius 1 is 0.762 bits per heavy atom. The van der Waals surface area contributed by atoms with E-state index in [1.807, 2.05) is 13.8 Å². The van der Waals surface area contributed by atoms with Crippen LogP contribution in [0.25, 0.3) is 0 Å². The molecule has 0 aromatic rings. The molecule has 0 rings (SSSR count). The van der Waals surface area contributed by atoms with Crippen LogP contribution in [-0.2, 0) is 24.3 Å². The van der Waals surface area contributed by atoms with Crippen molar-refractivity contribution in [3.8, 4) is 0 Å². The van der Waals surface area contributed by atoms with E-state index < -0.39 is 18.1 Å². The first-order chi connectivity index (χ1) is 9.61. The summed E-state index contributed by atoms with van der Waals surface area (Å²) in [5.41, 5.74) is 0. The predicted molar refractivity (Wildman–Crippen MR) is 88.9 cm³/mol. The van der Waals surface area contributed by atoms with Crippen molar-refractivity contribution < 1.29 is 24.3 Å². The maximum absolute atomic E-state index is 6.41. The summed E-state index contributed by atoms with van der Waals surface area (Å²) in [5.74, 6) is 0. The zero-order valence-corrected chi connectivity index (χ0v) is 17.8. The molecule has 0 aliphatic carbocycles. The van der Waals surface area contributed by atoms with Gasteiger partial charge in [0.05, 0.1) is 0 Å². The predicted octanol–water partition coefficient (Wildman–Crippen LogP) is 6.53. The van der Waals surface area contributed by atoms with Crippen molar-refractivity contribution in [1.82, 2.24) is 0 Å². The average molecular weight is 441 g/mol. The van der Waals surface area contributed by atoms with Gasteiger partial charge in [0.2, 0.25) is 0 Å². The number of rotatable bonds is 12. The molecule has 0 atom stereocenters. The Hall–Kier alpha value is 2.04. The Morgan fingerprint density at radius 2 is 1.14 bits per heavy atom. The summed E-state index contributed by atoms with van der Waals surface area (Å²) in [6.45, 7) is 5.16. The van der Waals surface area contributed by atoms with Crippen LogP contribution < -0.4 is 0 Å². The zero-order valence-electron chi connectivity index (χ0n) is 12.5. The van der Waals surface area contributed by atoms with Gasteiger partial charge in [0.25, 0.3) is 0 Å². The van der Waals surface area contributed by atoms with Crippen molar-refractivity contribution in [3.05, 3.63) is 0 Å². The second-order valence-corrected chi connectivity index (χ2v) is 17.2. The van der Waals surface area contributed by atoms with Gasteiger partial charge < -0.3 is 0 Å². The van der Waals surface area contributed by atoms with Crippen molar-refractivity contribution in [2.75, 3.05) is 19.8 Å². The molecule has 0 amide bonds. The van der Waals surface area contributed by atoms with Crippen LogP contribution in [0.2, 0.25) is 0 Å². The van der Waals surface area contributed by atoms with E-state index >= 15 is 0 Å². The quantitative estimate of drug-likeness (QED) is 0.196. The molecule has 0 saturated carbocycles. The molecule has 0 bridgehead atoms. The molecule has 0 aliphatic rings. The molecule has 21 heavy (non-hydrogen) atoms. The van der Waals surface area contributed by atoms with Crippen molar-refractivity contribution >= 4 is 53.4 Å². The third-order valence-electron chi connectivity index (χ3n) is 2.59. The van der Waals surface area contributed by atoms with E-state index in [-0.39, 0.29) is 6.61 Å². The summed E-state index contributed by atoms with van der Waals surface area (Å²) < 4.78 is 15.5. The Balaban J connectivity index is 4.41. The van der Waals surface area contributed by atoms with Gasteiger partial charge in [-0.25, -0.2) is 0 Å². The number of alkyl halides is 3. The third kappa shape index (κ3) is 13.1. The summed E-state index contributed by atoms with van der Waals surface area (Å²) in [6, 6.07) is 0. The summed E-state index contributed by atoms with van der Waals surface area (Å²) in [7, 11) is 12.8. The Labute approximate surface area is 152 Å². The molecule has 0 spiro atoms. The first kappa shape index (κ1) is 23.0. The first-order valence-corrected chi connectivity index (χ1v) is 14.5. The van der Waals surface area contributed by atoms with Crippen LogP contribution in [0.4, 0.5) is 0 Å². The summed E-state index contributed by atoms with van der Waals surface area (Å²) in [4.78, 5) is 0. The van der Waals surface area contributed by atoms with Gasteiger partial charge in [0.1, 0.15) is 0 Å². The van der Waals surface area contributed by atoms with Gasteiger partial charge in [-0.15, -0.1) is 0 Å². The molecule has 0 radical (unpaired) electrons. The van der Waals surface area contributed by atoms with Crippen molar-refractivity contribution in [3.63, 3.8) is 0 Å². The van der Waals surface area contributed by atoms with Gasteiger partial charge in [-0.1, -0.05) is 0 Å². The first-order valence-electron chi connectivity index (χ1n) is 7.19. The van der Waals surface area contributed by atoms with Crippen molar-refractivity contribution in [1.29, 1.82) is 0 Å². The Morgan fingerprint density at radius 3 is 1.48 bits per heavy atom. The second-order valence-electron chi connectivity index (χ2n) is 4.76. The van der Waals surface area contributed by atoms with Crippen LogP contribution in [0.15, 0.2) is 0 Å². The molecule has 0 fully saturated rings. The molecule has 3 nitrogen and oxygen atoms in total. The van der Waals surface area contributed by atoms with Crippen LogP contribution in [0.1, 0.15) is 52.4 Å². The van der Waals surface area contributed by atoms with Gasteiger partial charge in [-0.2, -0.15) is 0 Å². The Kier molecular flexibility index (Phi) is 11.9. The van der Waals surface area contributed by atoms with Crippen molar-refractivity contribution in [2.45, 2.75) is 56.2 Å². The van der Waals surface area contributed by atoms with Crippen molar-refractivity contribution in [2.24, 2.45) is 0 Å². The molecule has 0 heterocycles. The van der Waals surface area contributed by atoms with Crippen LogP contribution in [0.5, 0.6) is 0 Å². The second kappa shape index (κ2) is 10.8. The minimum atomic E-state index is -4.83. The van der Waals surface area contributed by atoms with E-state index in [4.69, 9.17) is 63.4 Å². The van der Waals surface area contributed by atoms with Gasteiger partial charge >= 0.3 is 154 Å². The van der Waals surface area contributed by atoms with Gasteiger partial charge in [0, 0.05) is 0 Å². The summed E-state index contributed by atoms with van der Waals surface area (Å²) >= 11 is 12.2. The monoisotopic (exact) mass is 439 g/mol. The summed E-state index contributed by atoms with van der Waals surface area (Å²) in [6.07, 6.45) is 4.47. The molecule has 0 N–H and O–H groups in total. The normalized spacial score (nSPS) is 14.9. The van der Waals surface area contributed by atoms with Crippen LogP contribution in [0, 0.1) is 0 Å². The molecule has 0 aromatic carbocycles. The number of hydrogen-bond acceptors (Lipinski definition) is 3. The van der Waals surface area contributed by atoms with Crippen LogP contribution >= 0.6 is 53.4 Å². The molecule has 129 valence electrons. The maximum atomic E-state index is 6.41. The van der Waals surface area contributed by atoms with E-state index in [2.05, 4.69) is 0 Å². The average Bonchev–Trinajstić information content (AvgIpc) is 2.35. The molecule has 0 unspecified atom stereocenters. The molecule has 9 heteroatoms. The minimum absolute atomic E-state index is 0.233. The number of halogens is 5. The van der Waals surface area contributed by atoms with E-state index in [1.54, 1.807) is 0 Å². The van der Waals surface area contributed by atoms with Crippen LogP contribution in [0.3, 0.4) is 0 Å². The zero-order chi connectivity index (χ0) is 16.4. The molecular weight excluding hydrogens is 417 g/mol. The molecule has 0 aromatic heterocycles. The third-order valence-corrected chi connectivity index (χ3v) is 8.94. The van der Waals surface area contributed by atoms with Gasteiger partial charge in [-0.05, 0) is 0 Å². The van der Waals surface area contributed by atoms with Gasteiger partial charge in [0.15, 0.2) is 0 Å². The number of unbranched alkanes of at least 4 members (excludes halogenated alkanes) is 2. The van der Waals surface area contributed by atoms with E-state index in [0.29, 0.717) is 26.1 Å². The number of hydrogen-bond donors (Lipinski definition) is 0. The molecular formula is C12H24Cl5O3Ti. The van der Waals surface area contributed by atoms with E-state index in [0.717, 1.165) is 25.7 Å². The van der Waals surface area contributed by atoms with Crippen LogP contribution in [-0.4, -0.2) is 23.6 Å². The standard InChI is InChI=1S/C4H6Cl3O.2C4H9O.2ClH.Ti/c5-4(6,7)2-1-3-8;2*1-2-3-4-5;;;/h1-3H2;2*2-4H2,1H3;2*1H;/q3*-1;;;+5/p-2. The SMILES string of the molecule is CCCC[O][Ti]([Cl])([Cl])([O]CCCC)[O]CCCC(Cl)(Cl)Cl. The fourth-order valence-electron chi connectivity index (χ4n) is 1.38. The fraction of sp³-hybridized carbons (Fsp3) is 1.00.